The lowest BCUT2D eigenvalue weighted by atomic mass is 10.2. The first-order valence-corrected chi connectivity index (χ1v) is 5.53. The van der Waals surface area contributed by atoms with E-state index in [0.717, 1.165) is 5.56 Å². The molecular formula is C11H8Cl2FN3. The summed E-state index contributed by atoms with van der Waals surface area (Å²) in [7, 11) is 0. The molecule has 0 saturated heterocycles. The van der Waals surface area contributed by atoms with E-state index in [9.17, 15) is 4.39 Å². The number of hydrogen-bond acceptors (Lipinski definition) is 3. The highest BCUT2D eigenvalue weighted by Crippen LogP contribution is 2.25. The molecule has 2 aromatic rings. The fraction of sp³-hybridized carbons (Fsp3) is 0.0909. The standard InChI is InChI=1S/C11H8Cl2FN3/c1-6-4-7(14)2-3-9(6)16-10-8(12)5-15-11(13)17-10/h2-5H,1H3,(H,15,16,17). The summed E-state index contributed by atoms with van der Waals surface area (Å²) < 4.78 is 12.9. The fourth-order valence-electron chi connectivity index (χ4n) is 1.33. The first kappa shape index (κ1) is 12.1. The minimum absolute atomic E-state index is 0.0941. The zero-order chi connectivity index (χ0) is 12.4. The van der Waals surface area contributed by atoms with Crippen molar-refractivity contribution in [2.45, 2.75) is 6.92 Å². The summed E-state index contributed by atoms with van der Waals surface area (Å²) in [6, 6.07) is 4.38. The average molecular weight is 272 g/mol. The number of aryl methyl sites for hydroxylation is 1. The predicted octanol–water partition coefficient (Wildman–Crippen LogP) is 3.97. The van der Waals surface area contributed by atoms with E-state index in [1.165, 1.54) is 18.3 Å². The molecule has 17 heavy (non-hydrogen) atoms. The van der Waals surface area contributed by atoms with Crippen LogP contribution in [-0.4, -0.2) is 9.97 Å². The Bertz CT molecular complexity index is 560. The monoisotopic (exact) mass is 271 g/mol. The molecule has 0 aliphatic heterocycles. The normalized spacial score (nSPS) is 10.4. The molecule has 0 bridgehead atoms. The van der Waals surface area contributed by atoms with Crippen molar-refractivity contribution >= 4 is 34.7 Å². The Morgan fingerprint density at radius 2 is 2.06 bits per heavy atom. The van der Waals surface area contributed by atoms with Gasteiger partial charge in [-0.2, -0.15) is 4.98 Å². The van der Waals surface area contributed by atoms with Gasteiger partial charge in [-0.15, -0.1) is 0 Å². The highest BCUT2D eigenvalue weighted by Gasteiger charge is 2.06. The van der Waals surface area contributed by atoms with Crippen LogP contribution in [0.2, 0.25) is 10.3 Å². The Morgan fingerprint density at radius 3 is 2.76 bits per heavy atom. The molecule has 6 heteroatoms. The molecule has 0 unspecified atom stereocenters. The van der Waals surface area contributed by atoms with Gasteiger partial charge in [0.1, 0.15) is 10.8 Å². The summed E-state index contributed by atoms with van der Waals surface area (Å²) in [4.78, 5) is 7.69. The maximum absolute atomic E-state index is 12.9. The van der Waals surface area contributed by atoms with E-state index in [1.807, 2.05) is 0 Å². The molecule has 0 aliphatic carbocycles. The summed E-state index contributed by atoms with van der Waals surface area (Å²) in [6.07, 6.45) is 1.40. The van der Waals surface area contributed by atoms with Crippen molar-refractivity contribution in [3.8, 4) is 0 Å². The molecule has 0 aliphatic rings. The SMILES string of the molecule is Cc1cc(F)ccc1Nc1nc(Cl)ncc1Cl. The molecule has 88 valence electrons. The molecule has 0 spiro atoms. The second-order valence-corrected chi connectivity index (χ2v) is 4.17. The molecule has 1 aromatic heterocycles. The third kappa shape index (κ3) is 2.84. The molecule has 2 rings (SSSR count). The lowest BCUT2D eigenvalue weighted by Gasteiger charge is -2.09. The molecule has 0 amide bonds. The molecule has 3 nitrogen and oxygen atoms in total. The number of benzene rings is 1. The van der Waals surface area contributed by atoms with Crippen LogP contribution in [0.3, 0.4) is 0 Å². The minimum Gasteiger partial charge on any atom is -0.339 e. The van der Waals surface area contributed by atoms with Gasteiger partial charge in [0.2, 0.25) is 5.28 Å². The van der Waals surface area contributed by atoms with Gasteiger partial charge in [-0.05, 0) is 42.3 Å². The molecule has 1 N–H and O–H groups in total. The summed E-state index contributed by atoms with van der Waals surface area (Å²) >= 11 is 11.6. The number of aromatic nitrogens is 2. The second kappa shape index (κ2) is 4.85. The number of hydrogen-bond donors (Lipinski definition) is 1. The number of halogens is 3. The van der Waals surface area contributed by atoms with Crippen LogP contribution in [0.4, 0.5) is 15.9 Å². The zero-order valence-electron chi connectivity index (χ0n) is 8.84. The molecule has 0 atom stereocenters. The summed E-state index contributed by atoms with van der Waals surface area (Å²) in [5.41, 5.74) is 1.46. The van der Waals surface area contributed by atoms with Gasteiger partial charge in [-0.25, -0.2) is 9.37 Å². The number of anilines is 2. The maximum atomic E-state index is 12.9. The zero-order valence-corrected chi connectivity index (χ0v) is 10.3. The summed E-state index contributed by atoms with van der Waals surface area (Å²) in [5.74, 6) is 0.0984. The predicted molar refractivity (Wildman–Crippen MR) is 66.5 cm³/mol. The van der Waals surface area contributed by atoms with Crippen LogP contribution in [0.1, 0.15) is 5.56 Å². The van der Waals surface area contributed by atoms with Crippen molar-refractivity contribution in [1.29, 1.82) is 0 Å². The maximum Gasteiger partial charge on any atom is 0.224 e. The summed E-state index contributed by atoms with van der Waals surface area (Å²) in [6.45, 7) is 1.78. The number of nitrogens with one attached hydrogen (secondary N) is 1. The quantitative estimate of drug-likeness (QED) is 0.840. The second-order valence-electron chi connectivity index (χ2n) is 3.42. The van der Waals surface area contributed by atoms with Gasteiger partial charge in [0.05, 0.1) is 6.20 Å². The van der Waals surface area contributed by atoms with E-state index in [4.69, 9.17) is 23.2 Å². The van der Waals surface area contributed by atoms with Gasteiger partial charge in [-0.3, -0.25) is 0 Å². The third-order valence-electron chi connectivity index (χ3n) is 2.16. The minimum atomic E-state index is -0.292. The van der Waals surface area contributed by atoms with E-state index >= 15 is 0 Å². The van der Waals surface area contributed by atoms with Crippen LogP contribution >= 0.6 is 23.2 Å². The lowest BCUT2D eigenvalue weighted by molar-refractivity contribution is 0.627. The Labute approximate surface area is 108 Å². The van der Waals surface area contributed by atoms with Crippen molar-refractivity contribution in [2.24, 2.45) is 0 Å². The van der Waals surface area contributed by atoms with Crippen molar-refractivity contribution in [2.75, 3.05) is 5.32 Å². The van der Waals surface area contributed by atoms with Gasteiger partial charge in [0.15, 0.2) is 5.82 Å². The van der Waals surface area contributed by atoms with Crippen LogP contribution in [-0.2, 0) is 0 Å². The van der Waals surface area contributed by atoms with E-state index < -0.39 is 0 Å². The van der Waals surface area contributed by atoms with Crippen molar-refractivity contribution in [1.82, 2.24) is 9.97 Å². The first-order valence-electron chi connectivity index (χ1n) is 4.77. The molecule has 0 saturated carbocycles. The van der Waals surface area contributed by atoms with Crippen molar-refractivity contribution in [3.05, 3.63) is 46.1 Å². The molecule has 1 aromatic carbocycles. The Balaban J connectivity index is 2.34. The molecule has 1 heterocycles. The van der Waals surface area contributed by atoms with Gasteiger partial charge in [0.25, 0.3) is 0 Å². The summed E-state index contributed by atoms with van der Waals surface area (Å²) in [5, 5.41) is 3.41. The number of nitrogens with zero attached hydrogens (tertiary/aromatic N) is 2. The van der Waals surface area contributed by atoms with Crippen LogP contribution in [0.25, 0.3) is 0 Å². The highest BCUT2D eigenvalue weighted by molar-refractivity contribution is 6.33. The van der Waals surface area contributed by atoms with Crippen molar-refractivity contribution < 1.29 is 4.39 Å². The lowest BCUT2D eigenvalue weighted by Crippen LogP contribution is -1.98. The van der Waals surface area contributed by atoms with Gasteiger partial charge in [-0.1, -0.05) is 11.6 Å². The highest BCUT2D eigenvalue weighted by atomic mass is 35.5. The fourth-order valence-corrected chi connectivity index (χ4v) is 1.60. The van der Waals surface area contributed by atoms with Crippen LogP contribution in [0.15, 0.2) is 24.4 Å². The average Bonchev–Trinajstić information content (AvgIpc) is 2.27. The third-order valence-corrected chi connectivity index (χ3v) is 2.61. The van der Waals surface area contributed by atoms with Crippen LogP contribution < -0.4 is 5.32 Å². The number of rotatable bonds is 2. The van der Waals surface area contributed by atoms with Gasteiger partial charge >= 0.3 is 0 Å². The first-order chi connectivity index (χ1) is 8.06. The van der Waals surface area contributed by atoms with Gasteiger partial charge < -0.3 is 5.32 Å². The molecular weight excluding hydrogens is 264 g/mol. The van der Waals surface area contributed by atoms with Crippen molar-refractivity contribution in [3.63, 3.8) is 0 Å². The Morgan fingerprint density at radius 1 is 1.29 bits per heavy atom. The van der Waals surface area contributed by atoms with E-state index in [0.29, 0.717) is 16.5 Å². The van der Waals surface area contributed by atoms with Crippen LogP contribution in [0.5, 0.6) is 0 Å². The Kier molecular flexibility index (Phi) is 3.45. The van der Waals surface area contributed by atoms with E-state index in [-0.39, 0.29) is 11.1 Å². The van der Waals surface area contributed by atoms with Crippen LogP contribution in [0, 0.1) is 12.7 Å². The van der Waals surface area contributed by atoms with E-state index in [2.05, 4.69) is 15.3 Å². The Hall–Kier alpha value is -1.39. The smallest absolute Gasteiger partial charge is 0.224 e. The topological polar surface area (TPSA) is 37.8 Å². The molecule has 0 radical (unpaired) electrons. The largest absolute Gasteiger partial charge is 0.339 e. The van der Waals surface area contributed by atoms with E-state index in [1.54, 1.807) is 13.0 Å². The van der Waals surface area contributed by atoms with Gasteiger partial charge in [0, 0.05) is 5.69 Å². The molecule has 0 fully saturated rings.